The van der Waals surface area contributed by atoms with Gasteiger partial charge in [-0.3, -0.25) is 4.63 Å². The van der Waals surface area contributed by atoms with Crippen LogP contribution in [0.4, 0.5) is 0 Å². The zero-order chi connectivity index (χ0) is 22.1. The molecule has 3 N–H and O–H groups in total. The van der Waals surface area contributed by atoms with Crippen molar-refractivity contribution in [2.24, 2.45) is 0 Å². The summed E-state index contributed by atoms with van der Waals surface area (Å²) in [5.41, 5.74) is 1.88. The largest absolute Gasteiger partial charge is 0.497 e. The van der Waals surface area contributed by atoms with Crippen LogP contribution in [0.5, 0.6) is 17.4 Å². The highest BCUT2D eigenvalue weighted by molar-refractivity contribution is 6.30. The molecule has 5 rings (SSSR count). The molecule has 0 saturated carbocycles. The first-order valence-electron chi connectivity index (χ1n) is 10.5. The first kappa shape index (κ1) is 21.0. The van der Waals surface area contributed by atoms with Gasteiger partial charge in [-0.25, -0.2) is 0 Å². The number of ether oxygens (including phenoxy) is 3. The first-order valence-corrected chi connectivity index (χ1v) is 10.9. The highest BCUT2D eigenvalue weighted by Gasteiger charge is 2.35. The molecule has 2 fully saturated rings. The minimum Gasteiger partial charge on any atom is -0.497 e. The molecule has 0 radical (unpaired) electrons. The van der Waals surface area contributed by atoms with Crippen LogP contribution in [0, 0.1) is 0 Å². The fourth-order valence-corrected chi connectivity index (χ4v) is 4.54. The maximum atomic E-state index is 6.31. The molecule has 172 valence electrons. The van der Waals surface area contributed by atoms with E-state index in [1.54, 1.807) is 25.0 Å². The molecule has 0 spiro atoms. The van der Waals surface area contributed by atoms with Gasteiger partial charge in [-0.05, 0) is 25.0 Å². The number of rotatable bonds is 7. The SMILES string of the molecule is COc1ccc(Cn2o[nH]oc3c(OCC4NCC5CCC4N5)nc(Cl)cc32)c(OC)c1. The highest BCUT2D eigenvalue weighted by atomic mass is 35.5. The fraction of sp³-hybridized carbons (Fsp3) is 0.476. The first-order chi connectivity index (χ1) is 15.6. The lowest BCUT2D eigenvalue weighted by Crippen LogP contribution is -2.57. The second-order valence-corrected chi connectivity index (χ2v) is 8.35. The van der Waals surface area contributed by atoms with E-state index in [2.05, 4.69) is 20.9 Å². The zero-order valence-electron chi connectivity index (χ0n) is 17.9. The number of nitrogens with one attached hydrogen (secondary N) is 3. The van der Waals surface area contributed by atoms with Gasteiger partial charge in [0.15, 0.2) is 0 Å². The number of pyridine rings is 1. The van der Waals surface area contributed by atoms with Crippen LogP contribution in [-0.4, -0.2) is 60.5 Å². The Balaban J connectivity index is 1.42. The van der Waals surface area contributed by atoms with Crippen molar-refractivity contribution in [3.05, 3.63) is 35.0 Å². The second-order valence-electron chi connectivity index (χ2n) is 7.96. The van der Waals surface area contributed by atoms with Gasteiger partial charge < -0.3 is 29.4 Å². The minimum absolute atomic E-state index is 0.192. The summed E-state index contributed by atoms with van der Waals surface area (Å²) in [6.45, 7) is 1.74. The van der Waals surface area contributed by atoms with E-state index in [1.807, 2.05) is 18.2 Å². The van der Waals surface area contributed by atoms with Crippen molar-refractivity contribution >= 4 is 22.7 Å². The molecule has 11 heteroatoms. The molecule has 10 nitrogen and oxygen atoms in total. The molecule has 3 unspecified atom stereocenters. The van der Waals surface area contributed by atoms with Crippen molar-refractivity contribution in [2.75, 3.05) is 27.4 Å². The van der Waals surface area contributed by atoms with Gasteiger partial charge >= 0.3 is 0 Å². The van der Waals surface area contributed by atoms with Gasteiger partial charge in [0.05, 0.1) is 26.8 Å². The van der Waals surface area contributed by atoms with Crippen molar-refractivity contribution in [1.82, 2.24) is 25.7 Å². The Morgan fingerprint density at radius 2 is 2.12 bits per heavy atom. The van der Waals surface area contributed by atoms with Gasteiger partial charge in [0, 0.05) is 36.3 Å². The van der Waals surface area contributed by atoms with Crippen molar-refractivity contribution in [2.45, 2.75) is 37.5 Å². The number of fused-ring (bicyclic) bond motifs is 3. The normalized spacial score (nSPS) is 22.2. The Labute approximate surface area is 189 Å². The van der Waals surface area contributed by atoms with Gasteiger partial charge in [-0.2, -0.15) is 9.72 Å². The Bertz CT molecular complexity index is 1130. The van der Waals surface area contributed by atoms with Gasteiger partial charge in [-0.1, -0.05) is 16.9 Å². The van der Waals surface area contributed by atoms with E-state index in [4.69, 9.17) is 35.0 Å². The summed E-state index contributed by atoms with van der Waals surface area (Å²) in [6, 6.07) is 8.40. The van der Waals surface area contributed by atoms with Gasteiger partial charge in [0.1, 0.15) is 28.8 Å². The van der Waals surface area contributed by atoms with Crippen molar-refractivity contribution in [3.8, 4) is 17.4 Å². The molecule has 3 atom stereocenters. The highest BCUT2D eigenvalue weighted by Crippen LogP contribution is 2.30. The maximum Gasteiger partial charge on any atom is 0.264 e. The molecular formula is C21H26ClN5O5. The molecule has 0 aliphatic carbocycles. The number of piperazine rings is 1. The number of benzene rings is 1. The minimum atomic E-state index is 0.192. The van der Waals surface area contributed by atoms with Gasteiger partial charge in [0.2, 0.25) is 5.58 Å². The number of nitrogens with zero attached hydrogens (tertiary/aromatic N) is 2. The van der Waals surface area contributed by atoms with Gasteiger partial charge in [-0.15, -0.1) is 0 Å². The molecule has 2 bridgehead atoms. The standard InChI is InChI=1S/C21H26ClN5O5/c1-28-14-5-3-12(18(7-14)29-2)10-27-17-8-19(22)25-21(20(17)31-26-32-27)30-11-16-15-6-4-13(24-15)9-23-16/h3,5,7-8,13,15-16,23-24,26H,4,6,9-11H2,1-2H3. The molecule has 2 aromatic heterocycles. The fourth-order valence-electron chi connectivity index (χ4n) is 4.36. The number of aromatic amines is 1. The maximum absolute atomic E-state index is 6.31. The van der Waals surface area contributed by atoms with E-state index >= 15 is 0 Å². The second kappa shape index (κ2) is 8.97. The Hall–Kier alpha value is -2.82. The number of hydrogen-bond donors (Lipinski definition) is 3. The lowest BCUT2D eigenvalue weighted by atomic mass is 10.1. The van der Waals surface area contributed by atoms with E-state index in [-0.39, 0.29) is 11.2 Å². The summed E-state index contributed by atoms with van der Waals surface area (Å²) in [4.78, 5) is 4.34. The van der Waals surface area contributed by atoms with Crippen LogP contribution in [-0.2, 0) is 6.54 Å². The van der Waals surface area contributed by atoms with E-state index in [1.165, 1.54) is 6.42 Å². The monoisotopic (exact) mass is 463 g/mol. The number of methoxy groups -OCH3 is 2. The summed E-state index contributed by atoms with van der Waals surface area (Å²) >= 11 is 6.31. The van der Waals surface area contributed by atoms with Crippen molar-refractivity contribution in [1.29, 1.82) is 0 Å². The lowest BCUT2D eigenvalue weighted by molar-refractivity contribution is 0.0847. The smallest absolute Gasteiger partial charge is 0.264 e. The predicted molar refractivity (Wildman–Crippen MR) is 117 cm³/mol. The molecular weight excluding hydrogens is 438 g/mol. The van der Waals surface area contributed by atoms with Crippen LogP contribution >= 0.6 is 11.6 Å². The van der Waals surface area contributed by atoms with Crippen LogP contribution in [0.25, 0.3) is 11.1 Å². The number of aromatic nitrogens is 3. The third-order valence-electron chi connectivity index (χ3n) is 6.05. The molecule has 3 aromatic rings. The van der Waals surface area contributed by atoms with E-state index in [9.17, 15) is 0 Å². The quantitative estimate of drug-likeness (QED) is 0.459. The van der Waals surface area contributed by atoms with Crippen LogP contribution in [0.1, 0.15) is 18.4 Å². The summed E-state index contributed by atoms with van der Waals surface area (Å²) < 4.78 is 29.5. The van der Waals surface area contributed by atoms with E-state index < -0.39 is 0 Å². The van der Waals surface area contributed by atoms with Crippen LogP contribution in [0.2, 0.25) is 5.15 Å². The van der Waals surface area contributed by atoms with Crippen molar-refractivity contribution < 1.29 is 23.4 Å². The average Bonchev–Trinajstić information content (AvgIpc) is 3.20. The van der Waals surface area contributed by atoms with Crippen molar-refractivity contribution in [3.63, 3.8) is 0 Å². The zero-order valence-corrected chi connectivity index (χ0v) is 18.6. The average molecular weight is 464 g/mol. The van der Waals surface area contributed by atoms with E-state index in [0.29, 0.717) is 53.7 Å². The van der Waals surface area contributed by atoms with E-state index in [0.717, 1.165) is 18.5 Å². The Kier molecular flexibility index (Phi) is 5.90. The van der Waals surface area contributed by atoms with Crippen LogP contribution in [0.3, 0.4) is 0 Å². The topological polar surface area (TPSA) is 112 Å². The molecule has 0 amide bonds. The molecule has 2 aliphatic heterocycles. The molecule has 2 aliphatic rings. The molecule has 1 aromatic carbocycles. The third-order valence-corrected chi connectivity index (χ3v) is 6.24. The third kappa shape index (κ3) is 4.13. The number of H-pyrrole nitrogens is 1. The Morgan fingerprint density at radius 1 is 1.22 bits per heavy atom. The van der Waals surface area contributed by atoms with Crippen LogP contribution in [0.15, 0.2) is 33.4 Å². The summed E-state index contributed by atoms with van der Waals surface area (Å²) in [5, 5.41) is 9.91. The number of hydrogen-bond acceptors (Lipinski definition) is 8. The number of halogens is 1. The van der Waals surface area contributed by atoms with Gasteiger partial charge in [0.25, 0.3) is 5.88 Å². The molecule has 2 saturated heterocycles. The van der Waals surface area contributed by atoms with Crippen LogP contribution < -0.4 is 24.8 Å². The molecule has 4 heterocycles. The summed E-state index contributed by atoms with van der Waals surface area (Å²) in [7, 11) is 3.22. The lowest BCUT2D eigenvalue weighted by Gasteiger charge is -2.31. The Morgan fingerprint density at radius 3 is 2.97 bits per heavy atom. The molecule has 32 heavy (non-hydrogen) atoms. The predicted octanol–water partition coefficient (Wildman–Crippen LogP) is 2.86. The summed E-state index contributed by atoms with van der Waals surface area (Å²) in [5.74, 6) is 1.68. The summed E-state index contributed by atoms with van der Waals surface area (Å²) in [6.07, 6.45) is 2.32.